The van der Waals surface area contributed by atoms with E-state index in [2.05, 4.69) is 4.90 Å². The maximum absolute atomic E-state index is 13.4. The topological polar surface area (TPSA) is 49.8 Å². The number of halogens is 1. The molecule has 1 aromatic carbocycles. The van der Waals surface area contributed by atoms with Crippen molar-refractivity contribution >= 4 is 12.0 Å². The lowest BCUT2D eigenvalue weighted by Gasteiger charge is -2.32. The van der Waals surface area contributed by atoms with Crippen molar-refractivity contribution in [3.8, 4) is 0 Å². The number of carboxylic acids is 1. The Morgan fingerprint density at radius 3 is 2.76 bits per heavy atom. The number of carbonyl (C=O) groups is 1. The average Bonchev–Trinajstić information content (AvgIpc) is 2.78. The summed E-state index contributed by atoms with van der Waals surface area (Å²) in [7, 11) is 0. The molecule has 5 heteroatoms. The van der Waals surface area contributed by atoms with Gasteiger partial charge in [-0.2, -0.15) is 0 Å². The van der Waals surface area contributed by atoms with Crippen LogP contribution in [-0.2, 0) is 16.1 Å². The van der Waals surface area contributed by atoms with Gasteiger partial charge in [0.15, 0.2) is 0 Å². The number of carboxylic acid groups (broad SMARTS) is 1. The van der Waals surface area contributed by atoms with Crippen LogP contribution in [0.2, 0.25) is 0 Å². The van der Waals surface area contributed by atoms with Crippen LogP contribution in [0.5, 0.6) is 0 Å². The van der Waals surface area contributed by atoms with Gasteiger partial charge in [0.1, 0.15) is 5.82 Å². The van der Waals surface area contributed by atoms with Crippen molar-refractivity contribution in [2.75, 3.05) is 13.1 Å². The number of rotatable bonds is 4. The van der Waals surface area contributed by atoms with Crippen LogP contribution in [0.4, 0.5) is 4.39 Å². The summed E-state index contributed by atoms with van der Waals surface area (Å²) in [6.07, 6.45) is 5.33. The number of nitrogens with zero attached hydrogens (tertiary/aromatic N) is 1. The van der Waals surface area contributed by atoms with Crippen molar-refractivity contribution in [2.45, 2.75) is 31.6 Å². The second kappa shape index (κ2) is 5.95. The zero-order chi connectivity index (χ0) is 14.8. The molecule has 4 nitrogen and oxygen atoms in total. The predicted octanol–water partition coefficient (Wildman–Crippen LogP) is 2.29. The van der Waals surface area contributed by atoms with Crippen molar-refractivity contribution < 1.29 is 19.0 Å². The number of likely N-dealkylation sites (tertiary alicyclic amines) is 1. The first-order chi connectivity index (χ1) is 10.1. The molecule has 0 radical (unpaired) electrons. The van der Waals surface area contributed by atoms with Crippen LogP contribution in [0, 0.1) is 5.82 Å². The van der Waals surface area contributed by atoms with Gasteiger partial charge in [-0.25, -0.2) is 9.18 Å². The van der Waals surface area contributed by atoms with Crippen molar-refractivity contribution in [2.24, 2.45) is 0 Å². The highest BCUT2D eigenvalue weighted by atomic mass is 19.1. The van der Waals surface area contributed by atoms with Crippen molar-refractivity contribution in [1.29, 1.82) is 0 Å². The highest BCUT2D eigenvalue weighted by Gasteiger charge is 2.33. The van der Waals surface area contributed by atoms with Gasteiger partial charge in [0.2, 0.25) is 0 Å². The summed E-state index contributed by atoms with van der Waals surface area (Å²) in [4.78, 5) is 12.9. The lowest BCUT2D eigenvalue weighted by Crippen LogP contribution is -2.42. The molecule has 3 rings (SSSR count). The van der Waals surface area contributed by atoms with Gasteiger partial charge in [-0.15, -0.1) is 0 Å². The third kappa shape index (κ3) is 3.49. The molecule has 0 aliphatic carbocycles. The zero-order valence-corrected chi connectivity index (χ0v) is 11.7. The Balaban J connectivity index is 1.76. The normalized spacial score (nSPS) is 25.6. The summed E-state index contributed by atoms with van der Waals surface area (Å²) in [5, 5.41) is 8.73. The van der Waals surface area contributed by atoms with Gasteiger partial charge in [0.25, 0.3) is 0 Å². The summed E-state index contributed by atoms with van der Waals surface area (Å²) in [5.41, 5.74) is 1.56. The van der Waals surface area contributed by atoms with Crippen LogP contribution in [0.3, 0.4) is 0 Å². The lowest BCUT2D eigenvalue weighted by molar-refractivity contribution is -0.131. The summed E-state index contributed by atoms with van der Waals surface area (Å²) < 4.78 is 19.2. The molecule has 112 valence electrons. The van der Waals surface area contributed by atoms with Crippen molar-refractivity contribution in [3.05, 3.63) is 41.2 Å². The van der Waals surface area contributed by atoms with Gasteiger partial charge in [-0.1, -0.05) is 6.07 Å². The van der Waals surface area contributed by atoms with E-state index < -0.39 is 5.97 Å². The molecule has 2 saturated heterocycles. The van der Waals surface area contributed by atoms with E-state index in [4.69, 9.17) is 9.84 Å². The van der Waals surface area contributed by atoms with Crippen LogP contribution in [0.25, 0.3) is 6.08 Å². The van der Waals surface area contributed by atoms with Gasteiger partial charge >= 0.3 is 5.97 Å². The van der Waals surface area contributed by atoms with Crippen molar-refractivity contribution in [3.63, 3.8) is 0 Å². The standard InChI is InChI=1S/C16H18FNO3/c17-13-3-1-12(11(7-13)2-6-16(19)20)8-18-9-14-4-5-15(10-18)21-14/h1-3,6-7,14-15H,4-5,8-10H2,(H,19,20). The van der Waals surface area contributed by atoms with E-state index >= 15 is 0 Å². The number of ether oxygens (including phenoxy) is 1. The molecule has 0 spiro atoms. The van der Waals surface area contributed by atoms with E-state index in [1.165, 1.54) is 18.2 Å². The van der Waals surface area contributed by atoms with E-state index in [0.29, 0.717) is 24.3 Å². The minimum Gasteiger partial charge on any atom is -0.478 e. The van der Waals surface area contributed by atoms with Crippen LogP contribution in [0.1, 0.15) is 24.0 Å². The molecule has 21 heavy (non-hydrogen) atoms. The largest absolute Gasteiger partial charge is 0.478 e. The fourth-order valence-corrected chi connectivity index (χ4v) is 3.10. The Morgan fingerprint density at radius 1 is 1.38 bits per heavy atom. The van der Waals surface area contributed by atoms with Gasteiger partial charge < -0.3 is 9.84 Å². The third-order valence-corrected chi connectivity index (χ3v) is 4.03. The summed E-state index contributed by atoms with van der Waals surface area (Å²) in [6.45, 7) is 2.46. The summed E-state index contributed by atoms with van der Waals surface area (Å²) in [5.74, 6) is -1.39. The van der Waals surface area contributed by atoms with Crippen LogP contribution >= 0.6 is 0 Å². The monoisotopic (exact) mass is 291 g/mol. The maximum Gasteiger partial charge on any atom is 0.328 e. The predicted molar refractivity (Wildman–Crippen MR) is 76.2 cm³/mol. The minimum absolute atomic E-state index is 0.308. The second-order valence-corrected chi connectivity index (χ2v) is 5.67. The van der Waals surface area contributed by atoms with Crippen LogP contribution < -0.4 is 0 Å². The molecule has 2 unspecified atom stereocenters. The van der Waals surface area contributed by atoms with E-state index in [-0.39, 0.29) is 5.82 Å². The van der Waals surface area contributed by atoms with E-state index in [0.717, 1.165) is 37.6 Å². The molecule has 1 aromatic rings. The van der Waals surface area contributed by atoms with Gasteiger partial charge in [0.05, 0.1) is 12.2 Å². The van der Waals surface area contributed by atoms with E-state index in [9.17, 15) is 9.18 Å². The number of benzene rings is 1. The van der Waals surface area contributed by atoms with Gasteiger partial charge in [0, 0.05) is 25.7 Å². The Labute approximate surface area is 122 Å². The first kappa shape index (κ1) is 14.2. The van der Waals surface area contributed by atoms with Gasteiger partial charge in [-0.3, -0.25) is 4.90 Å². The fraction of sp³-hybridized carbons (Fsp3) is 0.438. The number of hydrogen-bond donors (Lipinski definition) is 1. The molecule has 1 N–H and O–H groups in total. The van der Waals surface area contributed by atoms with Crippen LogP contribution in [0.15, 0.2) is 24.3 Å². The summed E-state index contributed by atoms with van der Waals surface area (Å²) in [6, 6.07) is 4.53. The lowest BCUT2D eigenvalue weighted by atomic mass is 10.1. The number of hydrogen-bond acceptors (Lipinski definition) is 3. The Hall–Kier alpha value is -1.72. The first-order valence-corrected chi connectivity index (χ1v) is 7.17. The Bertz CT molecular complexity index is 561. The molecular weight excluding hydrogens is 273 g/mol. The molecule has 0 aromatic heterocycles. The number of fused-ring (bicyclic) bond motifs is 2. The Morgan fingerprint density at radius 2 is 2.10 bits per heavy atom. The van der Waals surface area contributed by atoms with Crippen LogP contribution in [-0.4, -0.2) is 41.3 Å². The van der Waals surface area contributed by atoms with E-state index in [1.807, 2.05) is 0 Å². The average molecular weight is 291 g/mol. The number of aliphatic carboxylic acids is 1. The zero-order valence-electron chi connectivity index (χ0n) is 11.7. The second-order valence-electron chi connectivity index (χ2n) is 5.67. The van der Waals surface area contributed by atoms with Crippen molar-refractivity contribution in [1.82, 2.24) is 4.90 Å². The molecule has 2 heterocycles. The highest BCUT2D eigenvalue weighted by Crippen LogP contribution is 2.27. The molecule has 2 aliphatic heterocycles. The molecule has 2 aliphatic rings. The maximum atomic E-state index is 13.4. The molecular formula is C16H18FNO3. The number of morpholine rings is 1. The first-order valence-electron chi connectivity index (χ1n) is 7.17. The Kier molecular flexibility index (Phi) is 4.03. The summed E-state index contributed by atoms with van der Waals surface area (Å²) >= 11 is 0. The minimum atomic E-state index is -1.03. The third-order valence-electron chi connectivity index (χ3n) is 4.03. The SMILES string of the molecule is O=C(O)C=Cc1cc(F)ccc1CN1CC2CCC(C1)O2. The fourth-order valence-electron chi connectivity index (χ4n) is 3.10. The quantitative estimate of drug-likeness (QED) is 0.865. The molecule has 0 saturated carbocycles. The highest BCUT2D eigenvalue weighted by molar-refractivity contribution is 5.85. The molecule has 0 amide bonds. The molecule has 2 fully saturated rings. The molecule has 2 bridgehead atoms. The smallest absolute Gasteiger partial charge is 0.328 e. The van der Waals surface area contributed by atoms with Gasteiger partial charge in [-0.05, 0) is 42.2 Å². The molecule has 2 atom stereocenters. The van der Waals surface area contributed by atoms with E-state index in [1.54, 1.807) is 6.07 Å².